The Kier molecular flexibility index (Phi) is 48.0. The molecule has 3 radical (unpaired) electrons. The van der Waals surface area contributed by atoms with Crippen molar-refractivity contribution in [1.82, 2.24) is 118 Å². The first-order chi connectivity index (χ1) is 68.9. The van der Waals surface area contributed by atoms with E-state index in [0.717, 1.165) is 137 Å². The van der Waals surface area contributed by atoms with Gasteiger partial charge in [-0.15, -0.1) is 24.8 Å². The number of sulfonamides is 1. The fourth-order valence-corrected chi connectivity index (χ4v) is 21.2. The van der Waals surface area contributed by atoms with Crippen LogP contribution < -0.4 is 96.3 Å². The Labute approximate surface area is 939 Å². The van der Waals surface area contributed by atoms with Gasteiger partial charge in [0.15, 0.2) is 5.78 Å². The van der Waals surface area contributed by atoms with Crippen LogP contribution in [0.4, 0.5) is 56.1 Å². The molecular weight excluding hydrogens is 2050 g/mol. The van der Waals surface area contributed by atoms with Crippen LogP contribution >= 0.6 is 35.5 Å². The van der Waals surface area contributed by atoms with E-state index in [1.54, 1.807) is 87.9 Å². The van der Waals surface area contributed by atoms with Crippen molar-refractivity contribution in [1.29, 1.82) is 0 Å². The number of hydrogen-bond acceptors (Lipinski definition) is 39. The average Bonchev–Trinajstić information content (AvgIpc) is 1.64. The van der Waals surface area contributed by atoms with Gasteiger partial charge in [0.25, 0.3) is 6.47 Å². The van der Waals surface area contributed by atoms with Crippen LogP contribution in [0.2, 0.25) is 0 Å². The van der Waals surface area contributed by atoms with Gasteiger partial charge in [0.1, 0.15) is 11.2 Å². The number of carbonyl (C=O) groups is 7. The molecule has 12 aliphatic rings. The Balaban J connectivity index is 0.000000622. The second kappa shape index (κ2) is 57.6. The summed E-state index contributed by atoms with van der Waals surface area (Å²) in [6.45, 7) is 23.6. The first-order valence-electron chi connectivity index (χ1n) is 48.3. The van der Waals surface area contributed by atoms with Crippen LogP contribution in [0.5, 0.6) is 0 Å². The van der Waals surface area contributed by atoms with Crippen LogP contribution in [0.15, 0.2) is 123 Å². The predicted octanol–water partition coefficient (Wildman–Crippen LogP) is 4.79. The largest absolute Gasteiger partial charge is 1.00 e. The number of carbonyl (C=O) groups excluding carboxylic acids is 7. The van der Waals surface area contributed by atoms with E-state index >= 15 is 0 Å². The molecule has 12 aliphatic heterocycles. The van der Waals surface area contributed by atoms with Gasteiger partial charge < -0.3 is 69.1 Å². The summed E-state index contributed by atoms with van der Waals surface area (Å²) in [7, 11) is 10.4. The molecule has 811 valence electrons. The van der Waals surface area contributed by atoms with Crippen LogP contribution in [-0.4, -0.2) is 317 Å². The molecular formula is C95H145BCl3N28Na2O18S2. The van der Waals surface area contributed by atoms with Crippen molar-refractivity contribution in [2.24, 2.45) is 28.2 Å². The zero-order valence-electron chi connectivity index (χ0n) is 87.2. The van der Waals surface area contributed by atoms with Crippen LogP contribution in [0.3, 0.4) is 0 Å². The molecule has 8 atom stereocenters. The van der Waals surface area contributed by atoms with E-state index in [4.69, 9.17) is 45.2 Å². The Hall–Kier alpha value is -10.0. The van der Waals surface area contributed by atoms with Gasteiger partial charge in [0.05, 0.1) is 94.9 Å². The number of halogens is 3. The van der Waals surface area contributed by atoms with Crippen molar-refractivity contribution in [3.8, 4) is 0 Å². The van der Waals surface area contributed by atoms with Crippen LogP contribution in [0.1, 0.15) is 197 Å². The molecule has 8 aromatic rings. The summed E-state index contributed by atoms with van der Waals surface area (Å²) in [5.74, 6) is 1.06. The monoisotopic (exact) mass is 2190 g/mol. The van der Waals surface area contributed by atoms with Crippen molar-refractivity contribution < 1.29 is 152 Å². The standard InChI is InChI=1S/C23H31N7O2.C21H29N7O2S.C18H23N7.C15H18N6.C8H13NO3.C4H6O4.C3H7ClO2S.C2H3BO2.CH2O3.2ClH.2Na.6H2/c1-23(2,3)32-22(31)29-13-19(14-29)30-17-5-6-18(30)10-15(9-17)20-7-8-24-21(27-20)26-16-11-25-28(4)12-16;1-3-8-31(29,30)27-13-19(14-27)28-17-4-5-18(28)10-15(9-17)20-6-7-22-21(25-20)24-16-11-23-26(2)12-16;1-24-11-13(8-21-24)22-18-20-5-4-17(23-18)12-6-14-2-3-15(7-12)25(14)16-9-19-10-16;1-21-9-13(8-17-21)19-15-16-5-4-14(20-15)10-6-11-2-3-12(7-10)18-11;1-8(2,3)12-7(11)9-4-6(10)5-9;1-3(5)7-8-4(2)6;1-2-3-7(4,5)6;1-2(4)5-3;2-1-4-3;;;;;;;;;;/h7-9,11-12,17-19H,5-6,10,13-14H2,1-4H3,(H,24,26,27);6-7,9,11-12,17-19H,3-5,8,10,13-14H2,1-2H3,(H,22,24,25);4-6,8,11,14-16,19H,2-3,7,9-10H2,1H3,(H,20,22,23);4-6,8-9,11-12,18H,2-3,7H2,1H3,(H,16,19,20);4-5H2,1-3H3;1-2H3;2-3H2,1H3;1H3;1,3H;2*1H;;;6*1H/q;;;;;;;-1;;;;2*+1;;;;;;/p-1. The third kappa shape index (κ3) is 37.7. The SMILES string of the molecule is CC(=O)OOC(C)=O.CC(C)(C)OC(=O)N1CC(=O)C1.CCCS(=O)(=O)Cl.CCCS(=O)(=O)N1CC(N2C3C=C(c4ccnc(Nc5cnn(C)c5)n4)CC2CC3)C1.Cl.Cl.Cn1cc(Nc2nccc(C3=CC4CCC(C3)N4)n2)cn1.Cn1cc(Nc2nccc(C3=CC4CCC(C3)N4C3CN(C(=O)OC(C)(C)C)C3)n2)cn1.Cn1cc(Nc2nccc(C3=CC4CCC(C3)N4C3CNC3)n2)cn1.O=CO[O-].[B-]OC(C)=O.[HH].[HH].[HH].[HH].[HH].[HH].[Na+].[Na+]. The van der Waals surface area contributed by atoms with E-state index in [2.05, 4.69) is 144 Å². The average molecular weight is 2190 g/mol. The summed E-state index contributed by atoms with van der Waals surface area (Å²) in [4.78, 5) is 129. The number of hydrogen-bond donors (Lipinski definition) is 6. The van der Waals surface area contributed by atoms with E-state index in [-0.39, 0.29) is 135 Å². The van der Waals surface area contributed by atoms with Gasteiger partial charge in [-0.25, -0.2) is 85.7 Å². The van der Waals surface area contributed by atoms with E-state index in [1.165, 1.54) is 66.2 Å². The summed E-state index contributed by atoms with van der Waals surface area (Å²) in [6.07, 6.45) is 45.8. The van der Waals surface area contributed by atoms with E-state index < -0.39 is 54.3 Å². The number of likely N-dealkylation sites (tertiary alicyclic amines) is 2. The predicted molar refractivity (Wildman–Crippen MR) is 566 cm³/mol. The molecule has 46 nitrogen and oxygen atoms in total. The summed E-state index contributed by atoms with van der Waals surface area (Å²) in [5.41, 5.74) is 11.8. The summed E-state index contributed by atoms with van der Waals surface area (Å²) >= 11 is 0. The Morgan fingerprint density at radius 1 is 0.497 bits per heavy atom. The fraction of sp³-hybridized carbons (Fsp3) is 0.547. The summed E-state index contributed by atoms with van der Waals surface area (Å²) in [5, 5.41) is 44.9. The fourth-order valence-electron chi connectivity index (χ4n) is 18.6. The van der Waals surface area contributed by atoms with E-state index in [9.17, 15) is 45.6 Å². The van der Waals surface area contributed by atoms with Crippen molar-refractivity contribution in [2.75, 3.05) is 85.1 Å². The molecule has 8 fully saturated rings. The number of nitrogens with one attached hydrogen (secondary N) is 6. The molecule has 2 amide bonds. The van der Waals surface area contributed by atoms with Crippen molar-refractivity contribution in [3.63, 3.8) is 0 Å². The van der Waals surface area contributed by atoms with Gasteiger partial charge in [-0.1, -0.05) is 38.2 Å². The first kappa shape index (κ1) is 124. The third-order valence-electron chi connectivity index (χ3n) is 24.8. The molecule has 0 aliphatic carbocycles. The molecule has 6 N–H and O–H groups in total. The van der Waals surface area contributed by atoms with E-state index in [1.807, 2.05) is 122 Å². The number of ether oxygens (including phenoxy) is 2. The second-order valence-corrected chi connectivity index (χ2v) is 43.7. The Morgan fingerprint density at radius 3 is 1.10 bits per heavy atom. The van der Waals surface area contributed by atoms with Crippen LogP contribution in [0, 0.1) is 0 Å². The number of Topliss-reactive ketones (excluding diaryl/α,β-unsaturated/α-hetero) is 1. The molecule has 20 heterocycles. The van der Waals surface area contributed by atoms with E-state index in [0.29, 0.717) is 110 Å². The molecule has 0 aromatic carbocycles. The van der Waals surface area contributed by atoms with Gasteiger partial charge in [0, 0.05) is 224 Å². The Bertz CT molecular complexity index is 6170. The minimum atomic E-state index is -3.20. The minimum Gasteiger partial charge on any atom is -0.793 e. The number of amides is 2. The maximum absolute atomic E-state index is 12.3. The minimum absolute atomic E-state index is 0. The van der Waals surface area contributed by atoms with Gasteiger partial charge in [-0.2, -0.15) is 24.7 Å². The van der Waals surface area contributed by atoms with Gasteiger partial charge in [-0.05, 0) is 178 Å². The molecule has 149 heavy (non-hydrogen) atoms. The quantitative estimate of drug-likeness (QED) is 0.0185. The molecule has 20 rings (SSSR count). The topological polar surface area (TPSA) is 532 Å². The zero-order chi connectivity index (χ0) is 105. The van der Waals surface area contributed by atoms with Crippen LogP contribution in [-0.2, 0) is 100 Å². The van der Waals surface area contributed by atoms with Crippen molar-refractivity contribution in [2.45, 2.75) is 244 Å². The number of rotatable bonds is 21. The molecule has 0 saturated carbocycles. The number of aromatic nitrogens is 16. The van der Waals surface area contributed by atoms with Crippen molar-refractivity contribution >= 4 is 174 Å². The van der Waals surface area contributed by atoms with Gasteiger partial charge in [-0.3, -0.25) is 52.7 Å². The first-order valence-corrected chi connectivity index (χ1v) is 52.4. The molecule has 8 unspecified atom stereocenters. The van der Waals surface area contributed by atoms with Crippen LogP contribution in [0.25, 0.3) is 22.3 Å². The smallest absolute Gasteiger partial charge is 0.793 e. The molecule has 8 aromatic heterocycles. The van der Waals surface area contributed by atoms with Gasteiger partial charge >= 0.3 is 83.2 Å². The number of nitrogens with zero attached hydrogens (tertiary/aromatic N) is 22. The second-order valence-electron chi connectivity index (χ2n) is 38.7. The molecule has 8 saturated heterocycles. The maximum Gasteiger partial charge on any atom is 1.00 e. The summed E-state index contributed by atoms with van der Waals surface area (Å²) in [6, 6.07) is 13.5. The normalized spacial score (nSPS) is 20.8. The molecule has 8 bridgehead atoms. The number of aryl methyl sites for hydroxylation is 4. The molecule has 54 heteroatoms. The number of ketones is 1. The van der Waals surface area contributed by atoms with Gasteiger partial charge in [0.2, 0.25) is 48.8 Å². The van der Waals surface area contributed by atoms with Crippen molar-refractivity contribution in [3.05, 3.63) is 146 Å². The number of anilines is 8. The summed E-state index contributed by atoms with van der Waals surface area (Å²) < 4.78 is 67.4. The maximum atomic E-state index is 12.3. The number of fused-ring (bicyclic) bond motifs is 8. The zero-order valence-corrected chi connectivity index (χ0v) is 95.2. The molecule has 0 spiro atoms. The Morgan fingerprint density at radius 2 is 0.832 bits per heavy atom. The third-order valence-corrected chi connectivity index (χ3v) is 28.2.